The topological polar surface area (TPSA) is 12.5 Å². The minimum Gasteiger partial charge on any atom is -0.369 e. The van der Waals surface area contributed by atoms with Crippen molar-refractivity contribution in [3.63, 3.8) is 0 Å². The van der Waals surface area contributed by atoms with E-state index in [0.717, 1.165) is 30.3 Å². The molecular formula is C20H32O. The summed E-state index contributed by atoms with van der Waals surface area (Å²) in [6, 6.07) is 0. The quantitative estimate of drug-likeness (QED) is 0.559. The van der Waals surface area contributed by atoms with Crippen LogP contribution in [0.4, 0.5) is 0 Å². The van der Waals surface area contributed by atoms with Crippen LogP contribution in [-0.4, -0.2) is 12.2 Å². The van der Waals surface area contributed by atoms with Gasteiger partial charge in [-0.25, -0.2) is 0 Å². The Morgan fingerprint density at radius 2 is 1.62 bits per heavy atom. The summed E-state index contributed by atoms with van der Waals surface area (Å²) in [6.45, 7) is 6.37. The Kier molecular flexibility index (Phi) is 2.60. The van der Waals surface area contributed by atoms with E-state index in [1.807, 2.05) is 0 Å². The minimum atomic E-state index is 0.340. The third kappa shape index (κ3) is 1.53. The van der Waals surface area contributed by atoms with E-state index in [-0.39, 0.29) is 0 Å². The van der Waals surface area contributed by atoms with Gasteiger partial charge in [0.2, 0.25) is 0 Å². The molecule has 1 spiro atoms. The third-order valence-corrected chi connectivity index (χ3v) is 9.37. The van der Waals surface area contributed by atoms with Crippen molar-refractivity contribution in [2.75, 3.05) is 6.61 Å². The largest absolute Gasteiger partial charge is 0.369 e. The van der Waals surface area contributed by atoms with Crippen LogP contribution in [0.2, 0.25) is 0 Å². The monoisotopic (exact) mass is 288 g/mol. The minimum absolute atomic E-state index is 0.340. The maximum Gasteiger partial charge on any atom is 0.0972 e. The molecule has 5 aliphatic rings. The average Bonchev–Trinajstić information content (AvgIpc) is 3.20. The van der Waals surface area contributed by atoms with E-state index < -0.39 is 0 Å². The zero-order valence-electron chi connectivity index (χ0n) is 14.0. The van der Waals surface area contributed by atoms with Gasteiger partial charge in [0.25, 0.3) is 0 Å². The lowest BCUT2D eigenvalue weighted by molar-refractivity contribution is -0.113. The molecule has 5 fully saturated rings. The summed E-state index contributed by atoms with van der Waals surface area (Å²) in [5, 5.41) is 0. The summed E-state index contributed by atoms with van der Waals surface area (Å²) in [7, 11) is 0. The van der Waals surface area contributed by atoms with Crippen molar-refractivity contribution in [2.45, 2.75) is 83.7 Å². The first kappa shape index (κ1) is 13.4. The van der Waals surface area contributed by atoms with E-state index >= 15 is 0 Å². The highest BCUT2D eigenvalue weighted by molar-refractivity contribution is 5.18. The Balaban J connectivity index is 1.48. The summed E-state index contributed by atoms with van der Waals surface area (Å²) < 4.78 is 6.04. The second-order valence-electron chi connectivity index (χ2n) is 9.68. The van der Waals surface area contributed by atoms with Gasteiger partial charge in [-0.15, -0.1) is 0 Å². The average molecular weight is 288 g/mol. The van der Waals surface area contributed by atoms with Crippen LogP contribution >= 0.6 is 0 Å². The fourth-order valence-electron chi connectivity index (χ4n) is 7.95. The number of fused-ring (bicyclic) bond motifs is 6. The van der Waals surface area contributed by atoms with Crippen LogP contribution in [0.1, 0.15) is 78.1 Å². The maximum atomic E-state index is 6.04. The van der Waals surface area contributed by atoms with Crippen LogP contribution in [0.15, 0.2) is 0 Å². The second-order valence-corrected chi connectivity index (χ2v) is 9.68. The SMILES string of the molecule is C[C@]12CCCC[C@@H]1CC[C@@H]1[C@@H]2CC[C@@]2(C)[C@H]1CC[C@@]21CO1. The Morgan fingerprint density at radius 1 is 0.810 bits per heavy atom. The zero-order valence-corrected chi connectivity index (χ0v) is 14.0. The fraction of sp³-hybridized carbons (Fsp3) is 1.00. The van der Waals surface area contributed by atoms with Gasteiger partial charge in [-0.3, -0.25) is 0 Å². The molecule has 0 unspecified atom stereocenters. The molecule has 0 amide bonds. The van der Waals surface area contributed by atoms with Crippen molar-refractivity contribution >= 4 is 0 Å². The van der Waals surface area contributed by atoms with Gasteiger partial charge in [0, 0.05) is 5.41 Å². The summed E-state index contributed by atoms with van der Waals surface area (Å²) in [6.07, 6.45) is 15.0. The molecule has 4 aliphatic carbocycles. The van der Waals surface area contributed by atoms with Gasteiger partial charge >= 0.3 is 0 Å². The fourth-order valence-corrected chi connectivity index (χ4v) is 7.95. The molecular weight excluding hydrogens is 256 g/mol. The first-order valence-electron chi connectivity index (χ1n) is 9.73. The lowest BCUT2D eigenvalue weighted by atomic mass is 9.45. The standard InChI is InChI=1S/C20H32O/c1-18-10-4-3-5-14(18)6-7-15-16(18)8-11-19(2)17(15)9-12-20(19)13-21-20/h14-17H,3-13H2,1-2H3/t14-,15-,16+,17+,18+,19+,20-/m1/s1. The van der Waals surface area contributed by atoms with Crippen molar-refractivity contribution in [1.82, 2.24) is 0 Å². The van der Waals surface area contributed by atoms with Crippen molar-refractivity contribution in [3.8, 4) is 0 Å². The molecule has 1 aliphatic heterocycles. The smallest absolute Gasteiger partial charge is 0.0972 e. The molecule has 1 nitrogen and oxygen atoms in total. The first-order chi connectivity index (χ1) is 10.1. The van der Waals surface area contributed by atoms with Crippen molar-refractivity contribution in [3.05, 3.63) is 0 Å². The molecule has 7 atom stereocenters. The number of ether oxygens (including phenoxy) is 1. The van der Waals surface area contributed by atoms with Gasteiger partial charge in [-0.2, -0.15) is 0 Å². The predicted octanol–water partition coefficient (Wildman–Crippen LogP) is 5.19. The highest BCUT2D eigenvalue weighted by atomic mass is 16.6. The zero-order chi connectivity index (χ0) is 14.3. The molecule has 0 N–H and O–H groups in total. The number of rotatable bonds is 0. The molecule has 5 rings (SSSR count). The van der Waals surface area contributed by atoms with E-state index in [1.54, 1.807) is 6.42 Å². The van der Waals surface area contributed by atoms with E-state index in [9.17, 15) is 0 Å². The number of epoxide rings is 1. The Labute approximate surface area is 130 Å². The number of hydrogen-bond acceptors (Lipinski definition) is 1. The highest BCUT2D eigenvalue weighted by Gasteiger charge is 2.69. The van der Waals surface area contributed by atoms with E-state index in [1.165, 1.54) is 57.8 Å². The summed E-state index contributed by atoms with van der Waals surface area (Å²) in [4.78, 5) is 0. The van der Waals surface area contributed by atoms with Crippen molar-refractivity contribution < 1.29 is 4.74 Å². The van der Waals surface area contributed by atoms with Gasteiger partial charge in [0.15, 0.2) is 0 Å². The third-order valence-electron chi connectivity index (χ3n) is 9.37. The second kappa shape index (κ2) is 4.08. The van der Waals surface area contributed by atoms with E-state index in [2.05, 4.69) is 13.8 Å². The van der Waals surface area contributed by atoms with Crippen molar-refractivity contribution in [2.24, 2.45) is 34.5 Å². The molecule has 1 heteroatoms. The maximum absolute atomic E-state index is 6.04. The lowest BCUT2D eigenvalue weighted by Crippen LogP contribution is -2.53. The molecule has 1 saturated heterocycles. The summed E-state index contributed by atoms with van der Waals surface area (Å²) in [5.41, 5.74) is 1.57. The van der Waals surface area contributed by atoms with Gasteiger partial charge in [0.05, 0.1) is 12.2 Å². The highest BCUT2D eigenvalue weighted by Crippen LogP contribution is 2.71. The molecule has 118 valence electrons. The Bertz CT molecular complexity index is 453. The van der Waals surface area contributed by atoms with Gasteiger partial charge in [-0.05, 0) is 80.5 Å². The summed E-state index contributed by atoms with van der Waals surface area (Å²) in [5.74, 6) is 4.12. The van der Waals surface area contributed by atoms with Crippen LogP contribution < -0.4 is 0 Å². The molecule has 0 radical (unpaired) electrons. The Hall–Kier alpha value is -0.0400. The predicted molar refractivity (Wildman–Crippen MR) is 85.0 cm³/mol. The van der Waals surface area contributed by atoms with Gasteiger partial charge in [-0.1, -0.05) is 26.7 Å². The van der Waals surface area contributed by atoms with Crippen molar-refractivity contribution in [1.29, 1.82) is 0 Å². The molecule has 0 aromatic heterocycles. The van der Waals surface area contributed by atoms with Crippen LogP contribution in [0.3, 0.4) is 0 Å². The number of hydrogen-bond donors (Lipinski definition) is 0. The Morgan fingerprint density at radius 3 is 2.43 bits per heavy atom. The van der Waals surface area contributed by atoms with Crippen LogP contribution in [0.5, 0.6) is 0 Å². The molecule has 1 heterocycles. The molecule has 0 aromatic rings. The van der Waals surface area contributed by atoms with Gasteiger partial charge in [0.1, 0.15) is 0 Å². The van der Waals surface area contributed by atoms with E-state index in [0.29, 0.717) is 16.4 Å². The lowest BCUT2D eigenvalue weighted by Gasteiger charge is -2.60. The molecule has 0 aromatic carbocycles. The van der Waals surface area contributed by atoms with Crippen LogP contribution in [-0.2, 0) is 4.74 Å². The normalized spacial score (nSPS) is 62.0. The molecule has 21 heavy (non-hydrogen) atoms. The summed E-state index contributed by atoms with van der Waals surface area (Å²) >= 11 is 0. The van der Waals surface area contributed by atoms with E-state index in [4.69, 9.17) is 4.74 Å². The van der Waals surface area contributed by atoms with Gasteiger partial charge < -0.3 is 4.74 Å². The van der Waals surface area contributed by atoms with Crippen LogP contribution in [0.25, 0.3) is 0 Å². The first-order valence-corrected chi connectivity index (χ1v) is 9.73. The van der Waals surface area contributed by atoms with Crippen LogP contribution in [0, 0.1) is 34.5 Å². The molecule has 4 saturated carbocycles. The molecule has 0 bridgehead atoms.